The van der Waals surface area contributed by atoms with E-state index in [2.05, 4.69) is 36.9 Å². The molecule has 0 amide bonds. The average molecular weight is 239 g/mol. The Hall–Kier alpha value is -0.840. The third-order valence-corrected chi connectivity index (χ3v) is 2.73. The van der Waals surface area contributed by atoms with Gasteiger partial charge in [-0.15, -0.1) is 0 Å². The molecule has 4 nitrogen and oxygen atoms in total. The highest BCUT2D eigenvalue weighted by molar-refractivity contribution is 5.12. The van der Waals surface area contributed by atoms with E-state index in [4.69, 9.17) is 10.2 Å². The van der Waals surface area contributed by atoms with Crippen LogP contribution in [0.1, 0.15) is 24.7 Å². The summed E-state index contributed by atoms with van der Waals surface area (Å²) < 4.78 is 5.50. The van der Waals surface area contributed by atoms with Gasteiger partial charge >= 0.3 is 0 Å². The van der Waals surface area contributed by atoms with Crippen LogP contribution in [0, 0.1) is 0 Å². The Morgan fingerprint density at radius 1 is 1.24 bits per heavy atom. The van der Waals surface area contributed by atoms with Crippen LogP contribution in [0.4, 0.5) is 0 Å². The fourth-order valence-electron chi connectivity index (χ4n) is 1.76. The van der Waals surface area contributed by atoms with Crippen molar-refractivity contribution in [2.45, 2.75) is 26.4 Å². The lowest BCUT2D eigenvalue weighted by molar-refractivity contribution is 0.218. The van der Waals surface area contributed by atoms with E-state index in [-0.39, 0.29) is 0 Å². The third-order valence-electron chi connectivity index (χ3n) is 2.73. The second-order valence-electron chi connectivity index (χ2n) is 4.70. The van der Waals surface area contributed by atoms with Gasteiger partial charge in [-0.3, -0.25) is 4.90 Å². The lowest BCUT2D eigenvalue weighted by atomic mass is 10.3. The van der Waals surface area contributed by atoms with Crippen molar-refractivity contribution in [2.75, 3.05) is 33.7 Å². The van der Waals surface area contributed by atoms with Gasteiger partial charge in [0.1, 0.15) is 5.76 Å². The minimum Gasteiger partial charge on any atom is -0.468 e. The maximum atomic E-state index is 5.57. The number of nitrogens with two attached hydrogens (primary N) is 1. The van der Waals surface area contributed by atoms with E-state index in [0.29, 0.717) is 6.54 Å². The first-order chi connectivity index (χ1) is 8.15. The first-order valence-electron chi connectivity index (χ1n) is 6.29. The van der Waals surface area contributed by atoms with E-state index >= 15 is 0 Å². The average Bonchev–Trinajstić information content (AvgIpc) is 2.74. The molecule has 0 atom stereocenters. The molecular formula is C13H25N3O. The minimum atomic E-state index is 0.551. The summed E-state index contributed by atoms with van der Waals surface area (Å²) in [5, 5.41) is 0. The number of furan rings is 1. The molecule has 0 radical (unpaired) electrons. The molecule has 0 unspecified atom stereocenters. The molecule has 2 N–H and O–H groups in total. The Balaban J connectivity index is 2.47. The van der Waals surface area contributed by atoms with Gasteiger partial charge in [-0.05, 0) is 33.1 Å². The van der Waals surface area contributed by atoms with E-state index in [1.165, 1.54) is 0 Å². The zero-order valence-electron chi connectivity index (χ0n) is 11.3. The van der Waals surface area contributed by atoms with Crippen LogP contribution < -0.4 is 5.73 Å². The molecule has 0 fully saturated rings. The van der Waals surface area contributed by atoms with Crippen LogP contribution in [0.25, 0.3) is 0 Å². The summed E-state index contributed by atoms with van der Waals surface area (Å²) in [5.74, 6) is 1.01. The fraction of sp³-hybridized carbons (Fsp3) is 0.692. The van der Waals surface area contributed by atoms with E-state index < -0.39 is 0 Å². The molecule has 0 aliphatic rings. The molecule has 1 aromatic rings. The van der Waals surface area contributed by atoms with Gasteiger partial charge in [0, 0.05) is 25.2 Å². The van der Waals surface area contributed by atoms with Crippen molar-refractivity contribution >= 4 is 0 Å². The smallest absolute Gasteiger partial charge is 0.118 e. The van der Waals surface area contributed by atoms with Crippen molar-refractivity contribution in [1.82, 2.24) is 9.80 Å². The summed E-state index contributed by atoms with van der Waals surface area (Å²) >= 11 is 0. The van der Waals surface area contributed by atoms with Crippen LogP contribution in [0.5, 0.6) is 0 Å². The highest BCUT2D eigenvalue weighted by Gasteiger charge is 2.08. The molecule has 0 saturated carbocycles. The lowest BCUT2D eigenvalue weighted by Gasteiger charge is -2.22. The Morgan fingerprint density at radius 2 is 2.00 bits per heavy atom. The highest BCUT2D eigenvalue weighted by atomic mass is 16.3. The van der Waals surface area contributed by atoms with Gasteiger partial charge in [-0.1, -0.05) is 6.92 Å². The first-order valence-corrected chi connectivity index (χ1v) is 6.29. The summed E-state index contributed by atoms with van der Waals surface area (Å²) in [6, 6.07) is 2.05. The standard InChI is InChI=1S/C13H25N3O/c1-4-5-16(7-6-15(2)3)10-13-8-12(9-14)11-17-13/h8,11H,4-7,9-10,14H2,1-3H3. The molecule has 0 aromatic carbocycles. The topological polar surface area (TPSA) is 45.6 Å². The predicted octanol–water partition coefficient (Wildman–Crippen LogP) is 1.51. The molecular weight excluding hydrogens is 214 g/mol. The SMILES string of the molecule is CCCN(CCN(C)C)Cc1cc(CN)co1. The van der Waals surface area contributed by atoms with Crippen LogP contribution in [-0.2, 0) is 13.1 Å². The normalized spacial score (nSPS) is 11.6. The van der Waals surface area contributed by atoms with Gasteiger partial charge in [-0.25, -0.2) is 0 Å². The van der Waals surface area contributed by atoms with E-state index in [1.54, 1.807) is 6.26 Å². The molecule has 1 rings (SSSR count). The highest BCUT2D eigenvalue weighted by Crippen LogP contribution is 2.10. The van der Waals surface area contributed by atoms with Gasteiger partial charge in [0.25, 0.3) is 0 Å². The zero-order valence-corrected chi connectivity index (χ0v) is 11.3. The number of rotatable bonds is 8. The number of likely N-dealkylation sites (N-methyl/N-ethyl adjacent to an activating group) is 1. The maximum Gasteiger partial charge on any atom is 0.118 e. The molecule has 0 spiro atoms. The van der Waals surface area contributed by atoms with Crippen molar-refractivity contribution in [1.29, 1.82) is 0 Å². The fourth-order valence-corrected chi connectivity index (χ4v) is 1.76. The van der Waals surface area contributed by atoms with Crippen LogP contribution >= 0.6 is 0 Å². The maximum absolute atomic E-state index is 5.57. The van der Waals surface area contributed by atoms with Crippen molar-refractivity contribution in [3.05, 3.63) is 23.7 Å². The second-order valence-corrected chi connectivity index (χ2v) is 4.70. The molecule has 0 aliphatic heterocycles. The van der Waals surface area contributed by atoms with Crippen LogP contribution in [0.3, 0.4) is 0 Å². The van der Waals surface area contributed by atoms with E-state index in [0.717, 1.165) is 43.9 Å². The molecule has 0 saturated heterocycles. The summed E-state index contributed by atoms with van der Waals surface area (Å²) in [6.45, 7) is 6.88. The van der Waals surface area contributed by atoms with E-state index in [1.807, 2.05) is 0 Å². The number of hydrogen-bond acceptors (Lipinski definition) is 4. The summed E-state index contributed by atoms with van der Waals surface area (Å²) in [6.07, 6.45) is 2.92. The van der Waals surface area contributed by atoms with Crippen molar-refractivity contribution in [2.24, 2.45) is 5.73 Å². The monoisotopic (exact) mass is 239 g/mol. The van der Waals surface area contributed by atoms with Crippen LogP contribution in [0.15, 0.2) is 16.7 Å². The first kappa shape index (κ1) is 14.2. The second kappa shape index (κ2) is 7.48. The quantitative estimate of drug-likeness (QED) is 0.747. The van der Waals surface area contributed by atoms with Gasteiger partial charge in [-0.2, -0.15) is 0 Å². The molecule has 0 aliphatic carbocycles. The zero-order chi connectivity index (χ0) is 12.7. The van der Waals surface area contributed by atoms with Gasteiger partial charge in [0.15, 0.2) is 0 Å². The third kappa shape index (κ3) is 5.35. The lowest BCUT2D eigenvalue weighted by Crippen LogP contribution is -2.31. The number of nitrogens with zero attached hydrogens (tertiary/aromatic N) is 2. The molecule has 4 heteroatoms. The van der Waals surface area contributed by atoms with Crippen molar-refractivity contribution < 1.29 is 4.42 Å². The van der Waals surface area contributed by atoms with E-state index in [9.17, 15) is 0 Å². The molecule has 0 bridgehead atoms. The Bertz CT molecular complexity index is 309. The Morgan fingerprint density at radius 3 is 2.53 bits per heavy atom. The summed E-state index contributed by atoms with van der Waals surface area (Å²) in [4.78, 5) is 4.62. The number of hydrogen-bond donors (Lipinski definition) is 1. The predicted molar refractivity (Wildman–Crippen MR) is 70.7 cm³/mol. The molecule has 1 aromatic heterocycles. The van der Waals surface area contributed by atoms with Gasteiger partial charge < -0.3 is 15.1 Å². The van der Waals surface area contributed by atoms with Gasteiger partial charge in [0.05, 0.1) is 12.8 Å². The Labute approximate surface area is 104 Å². The summed E-state index contributed by atoms with van der Waals surface area (Å²) in [7, 11) is 4.20. The van der Waals surface area contributed by atoms with Crippen LogP contribution in [0.2, 0.25) is 0 Å². The molecule has 1 heterocycles. The Kier molecular flexibility index (Phi) is 6.26. The van der Waals surface area contributed by atoms with Crippen molar-refractivity contribution in [3.63, 3.8) is 0 Å². The molecule has 17 heavy (non-hydrogen) atoms. The van der Waals surface area contributed by atoms with Gasteiger partial charge in [0.2, 0.25) is 0 Å². The summed E-state index contributed by atoms with van der Waals surface area (Å²) in [5.41, 5.74) is 6.64. The largest absolute Gasteiger partial charge is 0.468 e. The van der Waals surface area contributed by atoms with Crippen LogP contribution in [-0.4, -0.2) is 43.5 Å². The minimum absolute atomic E-state index is 0.551. The van der Waals surface area contributed by atoms with Crippen molar-refractivity contribution in [3.8, 4) is 0 Å². The molecule has 98 valence electrons.